The van der Waals surface area contributed by atoms with Crippen LogP contribution in [0.3, 0.4) is 0 Å². The van der Waals surface area contributed by atoms with Crippen molar-refractivity contribution in [3.8, 4) is 5.69 Å². The van der Waals surface area contributed by atoms with E-state index in [0.29, 0.717) is 13.0 Å². The highest BCUT2D eigenvalue weighted by Gasteiger charge is 2.38. The Labute approximate surface area is 187 Å². The van der Waals surface area contributed by atoms with Crippen LogP contribution in [-0.2, 0) is 22.6 Å². The minimum atomic E-state index is -5.08. The highest BCUT2D eigenvalue weighted by atomic mass is 19.4. The molecule has 0 aliphatic rings. The van der Waals surface area contributed by atoms with Gasteiger partial charge in [0, 0.05) is 18.9 Å². The summed E-state index contributed by atoms with van der Waals surface area (Å²) in [5.74, 6) is -2.74. The average molecular weight is 455 g/mol. The van der Waals surface area contributed by atoms with Crippen LogP contribution in [0.25, 0.3) is 16.5 Å². The van der Waals surface area contributed by atoms with Gasteiger partial charge < -0.3 is 15.0 Å². The fraction of sp³-hybridized carbons (Fsp3) is 0.125. The maximum absolute atomic E-state index is 12.4. The molecule has 0 unspecified atom stereocenters. The van der Waals surface area contributed by atoms with E-state index in [0.717, 1.165) is 22.2 Å². The van der Waals surface area contributed by atoms with Gasteiger partial charge in [0.2, 0.25) is 5.91 Å². The van der Waals surface area contributed by atoms with Gasteiger partial charge in [-0.25, -0.2) is 9.78 Å². The van der Waals surface area contributed by atoms with E-state index in [1.807, 2.05) is 53.2 Å². The minimum Gasteiger partial charge on any atom is -0.475 e. The summed E-state index contributed by atoms with van der Waals surface area (Å²) < 4.78 is 33.7. The van der Waals surface area contributed by atoms with Crippen LogP contribution in [-0.4, -0.2) is 32.7 Å². The van der Waals surface area contributed by atoms with Crippen molar-refractivity contribution >= 4 is 22.6 Å². The van der Waals surface area contributed by atoms with E-state index in [2.05, 4.69) is 34.6 Å². The molecule has 0 aliphatic carbocycles. The van der Waals surface area contributed by atoms with Crippen molar-refractivity contribution in [2.75, 3.05) is 0 Å². The van der Waals surface area contributed by atoms with Crippen LogP contribution in [0.4, 0.5) is 13.2 Å². The first-order valence-electron chi connectivity index (χ1n) is 9.85. The van der Waals surface area contributed by atoms with E-state index in [-0.39, 0.29) is 5.91 Å². The Balaban J connectivity index is 0.000000383. The lowest BCUT2D eigenvalue weighted by Crippen LogP contribution is -2.25. The first-order valence-corrected chi connectivity index (χ1v) is 9.85. The van der Waals surface area contributed by atoms with E-state index < -0.39 is 12.1 Å². The summed E-state index contributed by atoms with van der Waals surface area (Å²) >= 11 is 0. The number of aliphatic carboxylic acids is 1. The summed E-state index contributed by atoms with van der Waals surface area (Å²) in [7, 11) is 0. The Morgan fingerprint density at radius 2 is 1.64 bits per heavy atom. The van der Waals surface area contributed by atoms with Crippen molar-refractivity contribution in [1.82, 2.24) is 14.9 Å². The molecule has 1 amide bonds. The molecule has 1 aromatic heterocycles. The lowest BCUT2D eigenvalue weighted by Gasteiger charge is -2.11. The zero-order valence-corrected chi connectivity index (χ0v) is 17.3. The van der Waals surface area contributed by atoms with Crippen LogP contribution >= 0.6 is 0 Å². The summed E-state index contributed by atoms with van der Waals surface area (Å²) in [6, 6.07) is 22.3. The van der Waals surface area contributed by atoms with Crippen molar-refractivity contribution in [3.05, 3.63) is 96.6 Å². The summed E-state index contributed by atoms with van der Waals surface area (Å²) in [6.45, 7) is 0.487. The molecule has 2 N–H and O–H groups in total. The molecule has 0 saturated carbocycles. The molecule has 0 spiro atoms. The van der Waals surface area contributed by atoms with Gasteiger partial charge in [-0.15, -0.1) is 0 Å². The predicted molar refractivity (Wildman–Crippen MR) is 117 cm³/mol. The molecule has 170 valence electrons. The third-order valence-corrected chi connectivity index (χ3v) is 4.67. The highest BCUT2D eigenvalue weighted by molar-refractivity contribution is 5.85. The summed E-state index contributed by atoms with van der Waals surface area (Å²) in [4.78, 5) is 25.4. The molecule has 0 atom stereocenters. The molecule has 4 aromatic rings. The molecule has 9 heteroatoms. The number of carboxylic acids is 1. The van der Waals surface area contributed by atoms with Gasteiger partial charge in [-0.3, -0.25) is 4.79 Å². The Hall–Kier alpha value is -4.14. The second-order valence-electron chi connectivity index (χ2n) is 7.04. The summed E-state index contributed by atoms with van der Waals surface area (Å²) in [6.07, 6.45) is 0.693. The number of para-hydroxylation sites is 1. The third-order valence-electron chi connectivity index (χ3n) is 4.67. The number of nitrogens with zero attached hydrogens (tertiary/aromatic N) is 2. The monoisotopic (exact) mass is 455 g/mol. The molecule has 0 fully saturated rings. The lowest BCUT2D eigenvalue weighted by atomic mass is 10.0. The number of hydrogen-bond acceptors (Lipinski definition) is 3. The topological polar surface area (TPSA) is 84.2 Å². The number of imidazole rings is 1. The van der Waals surface area contributed by atoms with Gasteiger partial charge in [-0.1, -0.05) is 60.7 Å². The Kier molecular flexibility index (Phi) is 7.45. The number of amides is 1. The van der Waals surface area contributed by atoms with Crippen LogP contribution < -0.4 is 5.32 Å². The van der Waals surface area contributed by atoms with Gasteiger partial charge in [0.25, 0.3) is 0 Å². The predicted octanol–water partition coefficient (Wildman–Crippen LogP) is 4.52. The maximum Gasteiger partial charge on any atom is 0.490 e. The second kappa shape index (κ2) is 10.4. The molecular formula is C24H20F3N3O3. The quantitative estimate of drug-likeness (QED) is 0.464. The standard InChI is InChI=1S/C22H19N3O.C2HF3O2/c26-22(14-17-9-10-18-5-1-2-6-19(18)13-17)24-15-20-7-3-4-8-21(20)25-12-11-23-16-25;3-2(4,5)1(6)7/h1-13,16H,14-15H2,(H,24,26);(H,6,7). The number of rotatable bonds is 5. The van der Waals surface area contributed by atoms with E-state index in [4.69, 9.17) is 9.90 Å². The van der Waals surface area contributed by atoms with Gasteiger partial charge in [0.1, 0.15) is 0 Å². The van der Waals surface area contributed by atoms with Crippen molar-refractivity contribution in [1.29, 1.82) is 0 Å². The Bertz CT molecular complexity index is 1240. The van der Waals surface area contributed by atoms with Gasteiger partial charge in [0.05, 0.1) is 18.4 Å². The molecule has 4 rings (SSSR count). The van der Waals surface area contributed by atoms with Crippen LogP contribution in [0.1, 0.15) is 11.1 Å². The zero-order chi connectivity index (χ0) is 23.8. The molecule has 0 aliphatic heterocycles. The number of halogens is 3. The number of aromatic nitrogens is 2. The number of carbonyl (C=O) groups excluding carboxylic acids is 1. The average Bonchev–Trinajstić information content (AvgIpc) is 3.32. The largest absolute Gasteiger partial charge is 0.490 e. The van der Waals surface area contributed by atoms with Crippen LogP contribution in [0, 0.1) is 0 Å². The molecule has 0 bridgehead atoms. The molecular weight excluding hydrogens is 435 g/mol. The smallest absolute Gasteiger partial charge is 0.475 e. The van der Waals surface area contributed by atoms with Crippen molar-refractivity contribution < 1.29 is 27.9 Å². The third kappa shape index (κ3) is 6.67. The normalized spacial score (nSPS) is 10.9. The number of alkyl halides is 3. The zero-order valence-electron chi connectivity index (χ0n) is 17.3. The van der Waals surface area contributed by atoms with Crippen molar-refractivity contribution in [2.45, 2.75) is 19.1 Å². The maximum atomic E-state index is 12.4. The van der Waals surface area contributed by atoms with Gasteiger partial charge in [-0.2, -0.15) is 13.2 Å². The van der Waals surface area contributed by atoms with E-state index in [9.17, 15) is 18.0 Å². The molecule has 0 radical (unpaired) electrons. The number of nitrogens with one attached hydrogen (secondary N) is 1. The SMILES string of the molecule is O=C(Cc1ccc2ccccc2c1)NCc1ccccc1-n1ccnc1.O=C(O)C(F)(F)F. The van der Waals surface area contributed by atoms with Crippen molar-refractivity contribution in [3.63, 3.8) is 0 Å². The number of carbonyl (C=O) groups is 2. The fourth-order valence-corrected chi connectivity index (χ4v) is 3.10. The van der Waals surface area contributed by atoms with Crippen LogP contribution in [0.15, 0.2) is 85.5 Å². The number of benzene rings is 3. The fourth-order valence-electron chi connectivity index (χ4n) is 3.10. The summed E-state index contributed by atoms with van der Waals surface area (Å²) in [5.41, 5.74) is 3.09. The van der Waals surface area contributed by atoms with E-state index in [1.165, 1.54) is 5.39 Å². The number of carboxylic acid groups (broad SMARTS) is 1. The molecule has 33 heavy (non-hydrogen) atoms. The number of hydrogen-bond donors (Lipinski definition) is 2. The molecule has 1 heterocycles. The first-order chi connectivity index (χ1) is 15.7. The van der Waals surface area contributed by atoms with Gasteiger partial charge >= 0.3 is 12.1 Å². The highest BCUT2D eigenvalue weighted by Crippen LogP contribution is 2.17. The molecule has 6 nitrogen and oxygen atoms in total. The number of fused-ring (bicyclic) bond motifs is 1. The summed E-state index contributed by atoms with van der Waals surface area (Å²) in [5, 5.41) is 12.5. The Morgan fingerprint density at radius 3 is 2.30 bits per heavy atom. The van der Waals surface area contributed by atoms with E-state index >= 15 is 0 Å². The second-order valence-corrected chi connectivity index (χ2v) is 7.04. The van der Waals surface area contributed by atoms with Gasteiger partial charge in [0.15, 0.2) is 0 Å². The molecule has 0 saturated heterocycles. The van der Waals surface area contributed by atoms with E-state index in [1.54, 1.807) is 12.5 Å². The minimum absolute atomic E-state index is 0.0146. The lowest BCUT2D eigenvalue weighted by molar-refractivity contribution is -0.192. The van der Waals surface area contributed by atoms with Crippen LogP contribution in [0.5, 0.6) is 0 Å². The molecule has 3 aromatic carbocycles. The first kappa shape index (κ1) is 23.5. The Morgan fingerprint density at radius 1 is 0.970 bits per heavy atom. The van der Waals surface area contributed by atoms with Crippen molar-refractivity contribution in [2.24, 2.45) is 0 Å². The van der Waals surface area contributed by atoms with Crippen LogP contribution in [0.2, 0.25) is 0 Å². The van der Waals surface area contributed by atoms with Gasteiger partial charge in [-0.05, 0) is 28.0 Å².